The van der Waals surface area contributed by atoms with E-state index in [9.17, 15) is 14.4 Å². The fourth-order valence-electron chi connectivity index (χ4n) is 3.12. The van der Waals surface area contributed by atoms with Crippen molar-refractivity contribution in [3.63, 3.8) is 0 Å². The molecule has 1 aliphatic heterocycles. The molecule has 3 rings (SSSR count). The molecule has 3 atom stereocenters. The monoisotopic (exact) mass is 346 g/mol. The van der Waals surface area contributed by atoms with Gasteiger partial charge in [0, 0.05) is 23.8 Å². The average Bonchev–Trinajstić information content (AvgIpc) is 3.12. The van der Waals surface area contributed by atoms with E-state index in [0.717, 1.165) is 6.42 Å². The van der Waals surface area contributed by atoms with Crippen LogP contribution in [0.5, 0.6) is 0 Å². The number of carboxylic acid groups (broad SMARTS) is 1. The van der Waals surface area contributed by atoms with Gasteiger partial charge in [-0.3, -0.25) is 14.4 Å². The number of benzene rings is 1. The minimum absolute atomic E-state index is 0.00761. The number of carbonyl (C=O) groups is 3. The molecule has 1 saturated carbocycles. The summed E-state index contributed by atoms with van der Waals surface area (Å²) in [5, 5.41) is 14.7. The first-order valence-electron chi connectivity index (χ1n) is 8.41. The number of aliphatic carboxylic acids is 1. The molecule has 2 aliphatic rings. The van der Waals surface area contributed by atoms with Gasteiger partial charge < -0.3 is 20.5 Å². The number of hydrogen-bond donors (Lipinski definition) is 3. The van der Waals surface area contributed by atoms with Crippen LogP contribution >= 0.6 is 0 Å². The first-order valence-corrected chi connectivity index (χ1v) is 8.41. The van der Waals surface area contributed by atoms with Crippen molar-refractivity contribution >= 4 is 23.5 Å². The van der Waals surface area contributed by atoms with Crippen molar-refractivity contribution in [3.8, 4) is 0 Å². The molecule has 2 fully saturated rings. The summed E-state index contributed by atoms with van der Waals surface area (Å²) in [7, 11) is 0. The van der Waals surface area contributed by atoms with E-state index in [1.165, 1.54) is 0 Å². The summed E-state index contributed by atoms with van der Waals surface area (Å²) in [6.07, 6.45) is 1.21. The Morgan fingerprint density at radius 2 is 1.96 bits per heavy atom. The molecular weight excluding hydrogens is 324 g/mol. The van der Waals surface area contributed by atoms with Crippen LogP contribution in [0.25, 0.3) is 0 Å². The Kier molecular flexibility index (Phi) is 4.76. The predicted octanol–water partition coefficient (Wildman–Crippen LogP) is 1.64. The van der Waals surface area contributed by atoms with Gasteiger partial charge in [0.1, 0.15) is 0 Å². The molecular formula is C18H22N2O5. The van der Waals surface area contributed by atoms with Crippen molar-refractivity contribution in [1.29, 1.82) is 0 Å². The van der Waals surface area contributed by atoms with Crippen LogP contribution in [0.3, 0.4) is 0 Å². The van der Waals surface area contributed by atoms with Crippen LogP contribution in [0, 0.1) is 11.8 Å². The lowest BCUT2D eigenvalue weighted by molar-refractivity contribution is -0.138. The number of carboxylic acids is 1. The van der Waals surface area contributed by atoms with Crippen LogP contribution in [0.15, 0.2) is 24.3 Å². The quantitative estimate of drug-likeness (QED) is 0.726. The zero-order valence-electron chi connectivity index (χ0n) is 14.1. The van der Waals surface area contributed by atoms with E-state index in [1.807, 2.05) is 6.92 Å². The van der Waals surface area contributed by atoms with E-state index in [0.29, 0.717) is 30.2 Å². The number of rotatable bonds is 6. The van der Waals surface area contributed by atoms with Gasteiger partial charge in [-0.2, -0.15) is 0 Å². The van der Waals surface area contributed by atoms with E-state index < -0.39 is 11.5 Å². The molecule has 7 nitrogen and oxygen atoms in total. The number of carbonyl (C=O) groups excluding carboxylic acids is 2. The van der Waals surface area contributed by atoms with Crippen LogP contribution in [-0.2, 0) is 14.3 Å². The van der Waals surface area contributed by atoms with Crippen LogP contribution in [0.1, 0.15) is 36.5 Å². The predicted molar refractivity (Wildman–Crippen MR) is 90.2 cm³/mol. The highest BCUT2D eigenvalue weighted by atomic mass is 16.5. The third-order valence-corrected chi connectivity index (χ3v) is 4.83. The third kappa shape index (κ3) is 4.17. The molecule has 0 radical (unpaired) electrons. The maximum Gasteiger partial charge on any atom is 0.305 e. The lowest BCUT2D eigenvalue weighted by atomic mass is 9.93. The molecule has 1 aromatic carbocycles. The van der Waals surface area contributed by atoms with Crippen LogP contribution in [0.4, 0.5) is 5.69 Å². The Morgan fingerprint density at radius 1 is 1.28 bits per heavy atom. The van der Waals surface area contributed by atoms with E-state index in [1.54, 1.807) is 24.3 Å². The number of anilines is 1. The number of hydrogen-bond acceptors (Lipinski definition) is 4. The van der Waals surface area contributed by atoms with Crippen molar-refractivity contribution in [3.05, 3.63) is 29.8 Å². The lowest BCUT2D eigenvalue weighted by Gasteiger charge is -2.27. The second-order valence-corrected chi connectivity index (χ2v) is 6.99. The SMILES string of the molecule is CC1CC1C(=O)Nc1ccc(C(=O)NC2(CC(=O)O)CCOC2)cc1. The Hall–Kier alpha value is -2.41. The fourth-order valence-corrected chi connectivity index (χ4v) is 3.12. The maximum atomic E-state index is 12.4. The zero-order chi connectivity index (χ0) is 18.0. The third-order valence-electron chi connectivity index (χ3n) is 4.83. The minimum Gasteiger partial charge on any atom is -0.481 e. The van der Waals surface area contributed by atoms with Crippen molar-refractivity contribution in [2.24, 2.45) is 11.8 Å². The highest BCUT2D eigenvalue weighted by molar-refractivity contribution is 5.97. The molecule has 134 valence electrons. The summed E-state index contributed by atoms with van der Waals surface area (Å²) < 4.78 is 5.27. The number of amides is 2. The normalized spacial score (nSPS) is 27.6. The van der Waals surface area contributed by atoms with Crippen molar-refractivity contribution in [2.75, 3.05) is 18.5 Å². The molecule has 1 aromatic rings. The molecule has 1 heterocycles. The molecule has 3 unspecified atom stereocenters. The van der Waals surface area contributed by atoms with Crippen molar-refractivity contribution in [1.82, 2.24) is 5.32 Å². The second kappa shape index (κ2) is 6.84. The van der Waals surface area contributed by atoms with E-state index in [-0.39, 0.29) is 30.8 Å². The van der Waals surface area contributed by atoms with Gasteiger partial charge in [-0.1, -0.05) is 6.92 Å². The second-order valence-electron chi connectivity index (χ2n) is 6.99. The zero-order valence-corrected chi connectivity index (χ0v) is 14.1. The van der Waals surface area contributed by atoms with Crippen LogP contribution < -0.4 is 10.6 Å². The van der Waals surface area contributed by atoms with Gasteiger partial charge in [-0.15, -0.1) is 0 Å². The molecule has 2 amide bonds. The standard InChI is InChI=1S/C18H22N2O5/c1-11-8-14(11)17(24)19-13-4-2-12(3-5-13)16(23)20-18(9-15(21)22)6-7-25-10-18/h2-5,11,14H,6-10H2,1H3,(H,19,24)(H,20,23)(H,21,22). The summed E-state index contributed by atoms with van der Waals surface area (Å²) in [6, 6.07) is 6.58. The lowest BCUT2D eigenvalue weighted by Crippen LogP contribution is -2.50. The summed E-state index contributed by atoms with van der Waals surface area (Å²) in [6.45, 7) is 2.66. The van der Waals surface area contributed by atoms with Gasteiger partial charge in [-0.25, -0.2) is 0 Å². The summed E-state index contributed by atoms with van der Waals surface area (Å²) in [5.41, 5.74) is 0.192. The summed E-state index contributed by atoms with van der Waals surface area (Å²) in [5.74, 6) is -0.794. The smallest absolute Gasteiger partial charge is 0.305 e. The first-order chi connectivity index (χ1) is 11.9. The number of ether oxygens (including phenoxy) is 1. The molecule has 0 bridgehead atoms. The average molecular weight is 346 g/mol. The Morgan fingerprint density at radius 3 is 2.48 bits per heavy atom. The van der Waals surface area contributed by atoms with Gasteiger partial charge in [0.25, 0.3) is 5.91 Å². The van der Waals surface area contributed by atoms with Crippen molar-refractivity contribution in [2.45, 2.75) is 31.7 Å². The highest BCUT2D eigenvalue weighted by Crippen LogP contribution is 2.38. The van der Waals surface area contributed by atoms with Crippen molar-refractivity contribution < 1.29 is 24.2 Å². The Labute approximate surface area is 145 Å². The highest BCUT2D eigenvalue weighted by Gasteiger charge is 2.39. The number of nitrogens with one attached hydrogen (secondary N) is 2. The minimum atomic E-state index is -0.974. The molecule has 0 aromatic heterocycles. The van der Waals surface area contributed by atoms with Gasteiger partial charge in [0.15, 0.2) is 0 Å². The molecule has 0 spiro atoms. The molecule has 25 heavy (non-hydrogen) atoms. The van der Waals surface area contributed by atoms with E-state index in [4.69, 9.17) is 9.84 Å². The van der Waals surface area contributed by atoms with E-state index in [2.05, 4.69) is 10.6 Å². The topological polar surface area (TPSA) is 105 Å². The maximum absolute atomic E-state index is 12.4. The first kappa shape index (κ1) is 17.4. The molecule has 1 aliphatic carbocycles. The van der Waals surface area contributed by atoms with Gasteiger partial charge in [0.2, 0.25) is 5.91 Å². The van der Waals surface area contributed by atoms with Gasteiger partial charge in [-0.05, 0) is 43.0 Å². The van der Waals surface area contributed by atoms with Crippen LogP contribution in [-0.4, -0.2) is 41.6 Å². The van der Waals surface area contributed by atoms with Gasteiger partial charge >= 0.3 is 5.97 Å². The Bertz CT molecular complexity index is 679. The largest absolute Gasteiger partial charge is 0.481 e. The molecule has 1 saturated heterocycles. The van der Waals surface area contributed by atoms with E-state index >= 15 is 0 Å². The summed E-state index contributed by atoms with van der Waals surface area (Å²) in [4.78, 5) is 35.4. The van der Waals surface area contributed by atoms with Crippen LogP contribution in [0.2, 0.25) is 0 Å². The Balaban J connectivity index is 1.62. The summed E-state index contributed by atoms with van der Waals surface area (Å²) >= 11 is 0. The fraction of sp³-hybridized carbons (Fsp3) is 0.500. The molecule has 3 N–H and O–H groups in total. The molecule has 7 heteroatoms. The van der Waals surface area contributed by atoms with Gasteiger partial charge in [0.05, 0.1) is 18.6 Å².